The molecule has 4 heteroatoms. The normalized spacial score (nSPS) is 37.8. The molecular weight excluding hydrogens is 346 g/mol. The largest absolute Gasteiger partial charge is 0.491 e. The van der Waals surface area contributed by atoms with Crippen LogP contribution in [-0.2, 0) is 6.54 Å². The highest BCUT2D eigenvalue weighted by molar-refractivity contribution is 6.32. The molecule has 1 aromatic carbocycles. The van der Waals surface area contributed by atoms with Crippen molar-refractivity contribution in [2.45, 2.75) is 71.4 Å². The predicted molar refractivity (Wildman–Crippen MR) is 106 cm³/mol. The van der Waals surface area contributed by atoms with Gasteiger partial charge in [-0.2, -0.15) is 0 Å². The summed E-state index contributed by atoms with van der Waals surface area (Å²) in [5, 5.41) is 4.60. The van der Waals surface area contributed by atoms with Gasteiger partial charge in [-0.05, 0) is 79.9 Å². The van der Waals surface area contributed by atoms with Gasteiger partial charge >= 0.3 is 0 Å². The van der Waals surface area contributed by atoms with E-state index in [4.69, 9.17) is 21.1 Å². The number of rotatable bonds is 6. The molecule has 1 N–H and O–H groups in total. The van der Waals surface area contributed by atoms with Gasteiger partial charge in [-0.15, -0.1) is 0 Å². The molecule has 0 amide bonds. The molecule has 4 atom stereocenters. The topological polar surface area (TPSA) is 30.5 Å². The number of nitrogens with one attached hydrogen (secondary N) is 1. The fraction of sp³-hybridized carbons (Fsp3) is 0.727. The molecule has 5 rings (SSSR count). The number of benzene rings is 1. The molecule has 0 saturated heterocycles. The van der Waals surface area contributed by atoms with E-state index in [1.807, 2.05) is 13.0 Å². The minimum absolute atomic E-state index is 0.293. The van der Waals surface area contributed by atoms with E-state index < -0.39 is 0 Å². The summed E-state index contributed by atoms with van der Waals surface area (Å²) in [6.07, 6.45) is 8.22. The molecule has 0 radical (unpaired) electrons. The van der Waals surface area contributed by atoms with Gasteiger partial charge in [0.25, 0.3) is 0 Å². The van der Waals surface area contributed by atoms with Gasteiger partial charge in [0.05, 0.1) is 18.7 Å². The van der Waals surface area contributed by atoms with Gasteiger partial charge in [-0.25, -0.2) is 0 Å². The monoisotopic (exact) mass is 377 g/mol. The van der Waals surface area contributed by atoms with Crippen LogP contribution in [0.3, 0.4) is 0 Å². The van der Waals surface area contributed by atoms with Crippen LogP contribution in [0.1, 0.15) is 64.9 Å². The summed E-state index contributed by atoms with van der Waals surface area (Å²) in [4.78, 5) is 0. The molecule has 144 valence electrons. The lowest BCUT2D eigenvalue weighted by Crippen LogP contribution is -2.63. The highest BCUT2D eigenvalue weighted by Gasteiger charge is 2.59. The van der Waals surface area contributed by atoms with Crippen molar-refractivity contribution in [3.63, 3.8) is 0 Å². The Hall–Kier alpha value is -0.930. The summed E-state index contributed by atoms with van der Waals surface area (Å²) in [5.74, 6) is 2.27. The minimum atomic E-state index is 0.293. The molecule has 4 aliphatic carbocycles. The molecule has 0 aromatic heterocycles. The summed E-state index contributed by atoms with van der Waals surface area (Å²) in [6, 6.07) is 4.09. The number of hydrogen-bond acceptors (Lipinski definition) is 3. The molecule has 0 aliphatic heterocycles. The second kappa shape index (κ2) is 6.31. The summed E-state index contributed by atoms with van der Waals surface area (Å²) >= 11 is 6.44. The number of ether oxygens (including phenoxy) is 2. The standard InChI is InChI=1S/C22H32ClNO2/c1-5-26-18-7-15(6-17(23)19(18)25-4)11-24-22-10-16-8-20(2,13-22)12-21(3,9-16)14-22/h6-7,16,24H,5,8-14H2,1-4H3/t16?,20-,21+,22?. The van der Waals surface area contributed by atoms with Crippen LogP contribution in [0.4, 0.5) is 0 Å². The van der Waals surface area contributed by atoms with Crippen LogP contribution in [0, 0.1) is 16.7 Å². The van der Waals surface area contributed by atoms with Crippen molar-refractivity contribution >= 4 is 11.6 Å². The van der Waals surface area contributed by atoms with Crippen LogP contribution >= 0.6 is 11.6 Å². The first-order chi connectivity index (χ1) is 12.3. The second-order valence-corrected chi connectivity index (χ2v) is 10.2. The van der Waals surface area contributed by atoms with Crippen molar-refractivity contribution in [3.8, 4) is 11.5 Å². The van der Waals surface area contributed by atoms with E-state index in [2.05, 4.69) is 25.2 Å². The Morgan fingerprint density at radius 2 is 1.81 bits per heavy atom. The van der Waals surface area contributed by atoms with Crippen LogP contribution < -0.4 is 14.8 Å². The van der Waals surface area contributed by atoms with Crippen LogP contribution in [0.15, 0.2) is 12.1 Å². The summed E-state index contributed by atoms with van der Waals surface area (Å²) in [6.45, 7) is 8.46. The van der Waals surface area contributed by atoms with E-state index in [1.54, 1.807) is 7.11 Å². The lowest BCUT2D eigenvalue weighted by molar-refractivity contribution is -0.118. The molecule has 0 spiro atoms. The van der Waals surface area contributed by atoms with Gasteiger partial charge < -0.3 is 14.8 Å². The maximum Gasteiger partial charge on any atom is 0.179 e. The van der Waals surface area contributed by atoms with Crippen molar-refractivity contribution in [3.05, 3.63) is 22.7 Å². The lowest BCUT2D eigenvalue weighted by Gasteiger charge is -2.65. The third-order valence-electron chi connectivity index (χ3n) is 6.87. The highest BCUT2D eigenvalue weighted by atomic mass is 35.5. The first-order valence-electron chi connectivity index (χ1n) is 10.0. The molecule has 2 unspecified atom stereocenters. The molecular formula is C22H32ClNO2. The Morgan fingerprint density at radius 3 is 2.38 bits per heavy atom. The predicted octanol–water partition coefficient (Wildman–Crippen LogP) is 5.59. The Kier molecular flexibility index (Phi) is 4.47. The summed E-state index contributed by atoms with van der Waals surface area (Å²) < 4.78 is 11.2. The smallest absolute Gasteiger partial charge is 0.179 e. The lowest BCUT2D eigenvalue weighted by atomic mass is 9.43. The fourth-order valence-electron chi connectivity index (χ4n) is 7.12. The average molecular weight is 378 g/mol. The first kappa shape index (κ1) is 18.4. The summed E-state index contributed by atoms with van der Waals surface area (Å²) in [7, 11) is 1.64. The van der Waals surface area contributed by atoms with E-state index in [9.17, 15) is 0 Å². The Labute approximate surface area is 162 Å². The molecule has 1 aromatic rings. The van der Waals surface area contributed by atoms with Crippen LogP contribution in [0.25, 0.3) is 0 Å². The van der Waals surface area contributed by atoms with E-state index in [1.165, 1.54) is 44.1 Å². The molecule has 4 saturated carbocycles. The Morgan fingerprint density at radius 1 is 1.12 bits per heavy atom. The van der Waals surface area contributed by atoms with Crippen molar-refractivity contribution in [1.29, 1.82) is 0 Å². The van der Waals surface area contributed by atoms with Gasteiger partial charge in [-0.3, -0.25) is 0 Å². The van der Waals surface area contributed by atoms with Gasteiger partial charge in [0.15, 0.2) is 11.5 Å². The van der Waals surface area contributed by atoms with E-state index >= 15 is 0 Å². The van der Waals surface area contributed by atoms with Crippen molar-refractivity contribution in [1.82, 2.24) is 5.32 Å². The van der Waals surface area contributed by atoms with E-state index in [0.717, 1.165) is 18.2 Å². The van der Waals surface area contributed by atoms with Crippen LogP contribution in [-0.4, -0.2) is 19.3 Å². The molecule has 0 heterocycles. The number of hydrogen-bond donors (Lipinski definition) is 1. The molecule has 4 fully saturated rings. The zero-order valence-corrected chi connectivity index (χ0v) is 17.3. The summed E-state index contributed by atoms with van der Waals surface area (Å²) in [5.41, 5.74) is 2.51. The van der Waals surface area contributed by atoms with Crippen LogP contribution in [0.2, 0.25) is 5.02 Å². The third-order valence-corrected chi connectivity index (χ3v) is 7.15. The van der Waals surface area contributed by atoms with Gasteiger partial charge in [0, 0.05) is 12.1 Å². The Bertz CT molecular complexity index is 686. The number of methoxy groups -OCH3 is 1. The van der Waals surface area contributed by atoms with Crippen molar-refractivity contribution in [2.75, 3.05) is 13.7 Å². The van der Waals surface area contributed by atoms with E-state index in [0.29, 0.717) is 33.7 Å². The zero-order valence-electron chi connectivity index (χ0n) is 16.6. The quantitative estimate of drug-likeness (QED) is 0.701. The van der Waals surface area contributed by atoms with Crippen molar-refractivity contribution in [2.24, 2.45) is 16.7 Å². The number of halogens is 1. The average Bonchev–Trinajstić information content (AvgIpc) is 2.50. The fourth-order valence-corrected chi connectivity index (χ4v) is 7.43. The first-order valence-corrected chi connectivity index (χ1v) is 10.4. The van der Waals surface area contributed by atoms with Crippen LogP contribution in [0.5, 0.6) is 11.5 Å². The Balaban J connectivity index is 1.54. The van der Waals surface area contributed by atoms with Gasteiger partial charge in [0.1, 0.15) is 0 Å². The molecule has 26 heavy (non-hydrogen) atoms. The SMILES string of the molecule is CCOc1cc(CNC23CC4C[C@@](C)(C2)C[C@](C)(C4)C3)cc(Cl)c1OC. The maximum absolute atomic E-state index is 6.44. The van der Waals surface area contributed by atoms with Gasteiger partial charge in [-0.1, -0.05) is 25.4 Å². The van der Waals surface area contributed by atoms with Gasteiger partial charge in [0.2, 0.25) is 0 Å². The molecule has 3 nitrogen and oxygen atoms in total. The highest BCUT2D eigenvalue weighted by Crippen LogP contribution is 2.66. The van der Waals surface area contributed by atoms with E-state index in [-0.39, 0.29) is 0 Å². The zero-order chi connectivity index (χ0) is 18.6. The third kappa shape index (κ3) is 3.22. The maximum atomic E-state index is 6.44. The second-order valence-electron chi connectivity index (χ2n) is 9.81. The molecule has 4 aliphatic rings. The molecule has 4 bridgehead atoms. The minimum Gasteiger partial charge on any atom is -0.491 e. The van der Waals surface area contributed by atoms with Crippen molar-refractivity contribution < 1.29 is 9.47 Å².